The van der Waals surface area contributed by atoms with E-state index in [9.17, 15) is 4.79 Å². The molecule has 5 nitrogen and oxygen atoms in total. The van der Waals surface area contributed by atoms with Gasteiger partial charge in [0.25, 0.3) is 0 Å². The molecular weight excluding hydrogens is 392 g/mol. The number of hydrogen-bond donors (Lipinski definition) is 1. The van der Waals surface area contributed by atoms with E-state index in [0.717, 1.165) is 22.4 Å². The van der Waals surface area contributed by atoms with Crippen LogP contribution in [0.2, 0.25) is 0 Å². The van der Waals surface area contributed by atoms with E-state index < -0.39 is 5.41 Å². The minimum atomic E-state index is -0.467. The summed E-state index contributed by atoms with van der Waals surface area (Å²) < 4.78 is 2.05. The number of rotatable bonds is 6. The van der Waals surface area contributed by atoms with Gasteiger partial charge in [0, 0.05) is 16.9 Å². The van der Waals surface area contributed by atoms with Crippen LogP contribution < -0.4 is 5.32 Å². The van der Waals surface area contributed by atoms with Crippen LogP contribution in [0.4, 0.5) is 0 Å². The largest absolute Gasteiger partial charge is 0.346 e. The number of carbonyl (C=O) groups is 1. The summed E-state index contributed by atoms with van der Waals surface area (Å²) in [7, 11) is 0. The lowest BCUT2D eigenvalue weighted by Gasteiger charge is -2.22. The van der Waals surface area contributed by atoms with E-state index in [1.807, 2.05) is 27.7 Å². The fourth-order valence-electron chi connectivity index (χ4n) is 2.98. The van der Waals surface area contributed by atoms with Gasteiger partial charge in [0.15, 0.2) is 11.0 Å². The third-order valence-electron chi connectivity index (χ3n) is 4.98. The van der Waals surface area contributed by atoms with E-state index in [1.165, 1.54) is 16.7 Å². The Kier molecular flexibility index (Phi) is 6.66. The lowest BCUT2D eigenvalue weighted by molar-refractivity contribution is -0.129. The Bertz CT molecular complexity index is 1020. The molecule has 1 amide bonds. The fraction of sp³-hybridized carbons (Fsp3) is 0.375. The van der Waals surface area contributed by atoms with Gasteiger partial charge in [-0.1, -0.05) is 74.5 Å². The molecule has 0 aliphatic carbocycles. The molecule has 0 unspecified atom stereocenters. The summed E-state index contributed by atoms with van der Waals surface area (Å²) in [6, 6.07) is 16.4. The van der Waals surface area contributed by atoms with E-state index in [0.29, 0.717) is 0 Å². The number of amides is 1. The van der Waals surface area contributed by atoms with Crippen LogP contribution >= 0.6 is 11.8 Å². The van der Waals surface area contributed by atoms with Crippen LogP contribution in [0.5, 0.6) is 0 Å². The number of benzene rings is 2. The molecule has 0 bridgehead atoms. The van der Waals surface area contributed by atoms with Crippen molar-refractivity contribution in [1.82, 2.24) is 20.1 Å². The first kappa shape index (κ1) is 22.1. The summed E-state index contributed by atoms with van der Waals surface area (Å²) in [4.78, 5) is 12.5. The summed E-state index contributed by atoms with van der Waals surface area (Å²) in [5.74, 6) is 1.52. The summed E-state index contributed by atoms with van der Waals surface area (Å²) in [5.41, 5.74) is 4.25. The zero-order valence-electron chi connectivity index (χ0n) is 18.6. The van der Waals surface area contributed by atoms with Gasteiger partial charge in [-0.15, -0.1) is 10.2 Å². The van der Waals surface area contributed by atoms with Gasteiger partial charge in [-0.3, -0.25) is 9.36 Å². The van der Waals surface area contributed by atoms with Crippen LogP contribution in [0.25, 0.3) is 5.69 Å². The summed E-state index contributed by atoms with van der Waals surface area (Å²) >= 11 is 1.65. The second-order valence-electron chi connectivity index (χ2n) is 8.67. The zero-order chi connectivity index (χ0) is 21.9. The fourth-order valence-corrected chi connectivity index (χ4v) is 4.02. The second kappa shape index (κ2) is 9.04. The van der Waals surface area contributed by atoms with Crippen molar-refractivity contribution in [3.63, 3.8) is 0 Å². The summed E-state index contributed by atoms with van der Waals surface area (Å²) in [5, 5.41) is 12.8. The van der Waals surface area contributed by atoms with Gasteiger partial charge < -0.3 is 5.32 Å². The van der Waals surface area contributed by atoms with Gasteiger partial charge >= 0.3 is 0 Å². The smallest absolute Gasteiger partial charge is 0.225 e. The molecule has 0 radical (unpaired) electrons. The highest BCUT2D eigenvalue weighted by Crippen LogP contribution is 2.29. The molecule has 0 aliphatic rings. The Labute approximate surface area is 183 Å². The van der Waals surface area contributed by atoms with Gasteiger partial charge in [0.1, 0.15) is 0 Å². The van der Waals surface area contributed by atoms with Crippen molar-refractivity contribution in [1.29, 1.82) is 0 Å². The van der Waals surface area contributed by atoms with Crippen molar-refractivity contribution in [3.8, 4) is 5.69 Å². The van der Waals surface area contributed by atoms with Crippen LogP contribution in [0, 0.1) is 19.3 Å². The number of carbonyl (C=O) groups excluding carboxylic acids is 1. The Balaban J connectivity index is 1.94. The molecule has 2 aromatic carbocycles. The average molecular weight is 423 g/mol. The first-order valence-corrected chi connectivity index (χ1v) is 11.2. The molecule has 0 aliphatic heterocycles. The third kappa shape index (κ3) is 5.11. The van der Waals surface area contributed by atoms with E-state index in [-0.39, 0.29) is 11.9 Å². The number of nitrogens with zero attached hydrogens (tertiary/aromatic N) is 3. The van der Waals surface area contributed by atoms with Crippen molar-refractivity contribution in [2.45, 2.75) is 58.5 Å². The van der Waals surface area contributed by atoms with Gasteiger partial charge in [-0.2, -0.15) is 0 Å². The molecule has 0 saturated carbocycles. The van der Waals surface area contributed by atoms with Crippen LogP contribution in [0.15, 0.2) is 53.7 Å². The molecule has 1 N–H and O–H groups in total. The number of aryl methyl sites for hydroxylation is 2. The molecule has 3 aromatic rings. The predicted molar refractivity (Wildman–Crippen MR) is 123 cm³/mol. The number of aromatic nitrogens is 3. The lowest BCUT2D eigenvalue weighted by Crippen LogP contribution is -2.37. The van der Waals surface area contributed by atoms with Crippen molar-refractivity contribution >= 4 is 17.7 Å². The molecule has 1 heterocycles. The maximum atomic E-state index is 12.5. The molecule has 0 saturated heterocycles. The normalized spacial score (nSPS) is 12.6. The van der Waals surface area contributed by atoms with E-state index in [1.54, 1.807) is 11.8 Å². The number of nitrogens with one attached hydrogen (secondary N) is 1. The Morgan fingerprint density at radius 1 is 1.07 bits per heavy atom. The van der Waals surface area contributed by atoms with Crippen molar-refractivity contribution in [2.24, 2.45) is 5.41 Å². The molecule has 3 rings (SSSR count). The monoisotopic (exact) mass is 422 g/mol. The second-order valence-corrected chi connectivity index (χ2v) is 9.61. The first-order valence-electron chi connectivity index (χ1n) is 10.2. The minimum absolute atomic E-state index is 0.0115. The standard InChI is InChI=1S/C24H30N4OS/c1-16-11-13-20(14-12-16)28-21(18(3)25-22(29)24(4,5)6)26-27-23(28)30-15-19-10-8-7-9-17(19)2/h7-14,18H,15H2,1-6H3,(H,25,29)/t18-/m1/s1. The van der Waals surface area contributed by atoms with E-state index >= 15 is 0 Å². The summed E-state index contributed by atoms with van der Waals surface area (Å²) in [6.07, 6.45) is 0. The molecular formula is C24H30N4OS. The van der Waals surface area contributed by atoms with Crippen molar-refractivity contribution in [3.05, 3.63) is 71.0 Å². The molecule has 1 aromatic heterocycles. The number of thioether (sulfide) groups is 1. The topological polar surface area (TPSA) is 59.8 Å². The molecule has 0 fully saturated rings. The van der Waals surface area contributed by atoms with Gasteiger partial charge in [-0.05, 0) is 44.0 Å². The van der Waals surface area contributed by atoms with E-state index in [4.69, 9.17) is 0 Å². The van der Waals surface area contributed by atoms with Crippen molar-refractivity contribution < 1.29 is 4.79 Å². The highest BCUT2D eigenvalue weighted by Gasteiger charge is 2.26. The van der Waals surface area contributed by atoms with Crippen LogP contribution in [0.1, 0.15) is 56.3 Å². The predicted octanol–water partition coefficient (Wildman–Crippen LogP) is 5.40. The number of hydrogen-bond acceptors (Lipinski definition) is 4. The van der Waals surface area contributed by atoms with Gasteiger partial charge in [-0.25, -0.2) is 0 Å². The molecule has 30 heavy (non-hydrogen) atoms. The quantitative estimate of drug-likeness (QED) is 0.540. The maximum absolute atomic E-state index is 12.5. The maximum Gasteiger partial charge on any atom is 0.225 e. The average Bonchev–Trinajstić information content (AvgIpc) is 3.11. The molecule has 1 atom stereocenters. The van der Waals surface area contributed by atoms with Crippen LogP contribution in [0.3, 0.4) is 0 Å². The van der Waals surface area contributed by atoms with Gasteiger partial charge in [0.05, 0.1) is 6.04 Å². The van der Waals surface area contributed by atoms with Crippen molar-refractivity contribution in [2.75, 3.05) is 0 Å². The van der Waals surface area contributed by atoms with E-state index in [2.05, 4.69) is 82.5 Å². The van der Waals surface area contributed by atoms with Crippen LogP contribution in [-0.4, -0.2) is 20.7 Å². The third-order valence-corrected chi connectivity index (χ3v) is 5.96. The summed E-state index contributed by atoms with van der Waals surface area (Å²) in [6.45, 7) is 11.9. The Morgan fingerprint density at radius 2 is 1.73 bits per heavy atom. The molecule has 6 heteroatoms. The Morgan fingerprint density at radius 3 is 2.37 bits per heavy atom. The zero-order valence-corrected chi connectivity index (χ0v) is 19.4. The lowest BCUT2D eigenvalue weighted by atomic mass is 9.95. The Hall–Kier alpha value is -2.60. The highest BCUT2D eigenvalue weighted by molar-refractivity contribution is 7.98. The molecule has 0 spiro atoms. The van der Waals surface area contributed by atoms with Crippen LogP contribution in [-0.2, 0) is 10.5 Å². The SMILES string of the molecule is Cc1ccc(-n2c(SCc3ccccc3C)nnc2[C@@H](C)NC(=O)C(C)(C)C)cc1. The molecule has 158 valence electrons. The first-order chi connectivity index (χ1) is 14.2. The van der Waals surface area contributed by atoms with Gasteiger partial charge in [0.2, 0.25) is 5.91 Å². The minimum Gasteiger partial charge on any atom is -0.346 e. The highest BCUT2D eigenvalue weighted by atomic mass is 32.2.